The maximum Gasteiger partial charge on any atom is 0.119 e. The van der Waals surface area contributed by atoms with E-state index < -0.39 is 0 Å². The molecule has 0 bridgehead atoms. The zero-order valence-electron chi connectivity index (χ0n) is 12.0. The van der Waals surface area contributed by atoms with Crippen molar-refractivity contribution in [3.05, 3.63) is 29.8 Å². The van der Waals surface area contributed by atoms with Crippen molar-refractivity contribution in [3.8, 4) is 5.75 Å². The van der Waals surface area contributed by atoms with Gasteiger partial charge in [-0.15, -0.1) is 0 Å². The van der Waals surface area contributed by atoms with Gasteiger partial charge in [-0.2, -0.15) is 0 Å². The molecular formula is C16H25NO2. The molecule has 1 fully saturated rings. The number of hydrogen-bond acceptors (Lipinski definition) is 3. The summed E-state index contributed by atoms with van der Waals surface area (Å²) in [6, 6.07) is 8.81. The molecule has 0 radical (unpaired) electrons. The van der Waals surface area contributed by atoms with Gasteiger partial charge < -0.3 is 14.8 Å². The Bertz CT molecular complexity index is 360. The van der Waals surface area contributed by atoms with Crippen LogP contribution in [0.15, 0.2) is 24.3 Å². The lowest BCUT2D eigenvalue weighted by Crippen LogP contribution is -2.18. The smallest absolute Gasteiger partial charge is 0.119 e. The van der Waals surface area contributed by atoms with Crippen molar-refractivity contribution < 1.29 is 9.47 Å². The summed E-state index contributed by atoms with van der Waals surface area (Å²) < 4.78 is 11.3. The van der Waals surface area contributed by atoms with E-state index in [1.165, 1.54) is 18.4 Å². The molecule has 0 saturated heterocycles. The van der Waals surface area contributed by atoms with Gasteiger partial charge in [0, 0.05) is 19.3 Å². The molecule has 0 spiro atoms. The van der Waals surface area contributed by atoms with Gasteiger partial charge in [-0.1, -0.05) is 19.1 Å². The molecule has 1 unspecified atom stereocenters. The van der Waals surface area contributed by atoms with Gasteiger partial charge in [0.05, 0.1) is 6.10 Å². The van der Waals surface area contributed by atoms with E-state index in [0.717, 1.165) is 31.8 Å². The number of nitrogens with one attached hydrogen (secondary N) is 1. The van der Waals surface area contributed by atoms with Gasteiger partial charge in [0.15, 0.2) is 0 Å². The number of benzene rings is 1. The summed E-state index contributed by atoms with van der Waals surface area (Å²) in [6.45, 7) is 3.79. The highest BCUT2D eigenvalue weighted by Crippen LogP contribution is 2.27. The Morgan fingerprint density at radius 2 is 1.95 bits per heavy atom. The van der Waals surface area contributed by atoms with E-state index in [9.17, 15) is 0 Å². The summed E-state index contributed by atoms with van der Waals surface area (Å²) in [7, 11) is 2.00. The van der Waals surface area contributed by atoms with Gasteiger partial charge in [-0.05, 0) is 50.4 Å². The third kappa shape index (κ3) is 4.84. The van der Waals surface area contributed by atoms with Crippen LogP contribution in [0.4, 0.5) is 0 Å². The lowest BCUT2D eigenvalue weighted by molar-refractivity contribution is 0.125. The first kappa shape index (κ1) is 14.4. The van der Waals surface area contributed by atoms with Crippen LogP contribution in [0, 0.1) is 0 Å². The van der Waals surface area contributed by atoms with E-state index in [1.54, 1.807) is 0 Å². The van der Waals surface area contributed by atoms with E-state index in [2.05, 4.69) is 36.5 Å². The monoisotopic (exact) mass is 263 g/mol. The van der Waals surface area contributed by atoms with Gasteiger partial charge in [-0.25, -0.2) is 0 Å². The van der Waals surface area contributed by atoms with E-state index in [1.807, 2.05) is 7.05 Å². The van der Waals surface area contributed by atoms with E-state index in [0.29, 0.717) is 12.1 Å². The fraction of sp³-hybridized carbons (Fsp3) is 0.625. The Kier molecular flexibility index (Phi) is 5.67. The summed E-state index contributed by atoms with van der Waals surface area (Å²) in [6.07, 6.45) is 4.95. The number of ether oxygens (including phenoxy) is 2. The highest BCUT2D eigenvalue weighted by molar-refractivity contribution is 5.29. The van der Waals surface area contributed by atoms with Crippen molar-refractivity contribution in [2.24, 2.45) is 0 Å². The molecule has 3 nitrogen and oxygen atoms in total. The van der Waals surface area contributed by atoms with Crippen molar-refractivity contribution in [2.45, 2.75) is 44.8 Å². The average molecular weight is 263 g/mol. The topological polar surface area (TPSA) is 30.5 Å². The molecule has 106 valence electrons. The third-order valence-electron chi connectivity index (χ3n) is 3.36. The van der Waals surface area contributed by atoms with Crippen molar-refractivity contribution in [1.82, 2.24) is 5.32 Å². The second-order valence-corrected chi connectivity index (χ2v) is 5.13. The fourth-order valence-corrected chi connectivity index (χ4v) is 2.08. The van der Waals surface area contributed by atoms with Crippen molar-refractivity contribution in [3.63, 3.8) is 0 Å². The first-order valence-corrected chi connectivity index (χ1v) is 7.35. The molecule has 1 aromatic carbocycles. The Labute approximate surface area is 116 Å². The average Bonchev–Trinajstić information content (AvgIpc) is 3.24. The Morgan fingerprint density at radius 1 is 1.21 bits per heavy atom. The highest BCUT2D eigenvalue weighted by atomic mass is 16.5. The van der Waals surface area contributed by atoms with Gasteiger partial charge >= 0.3 is 0 Å². The minimum absolute atomic E-state index is 0.354. The quantitative estimate of drug-likeness (QED) is 0.693. The molecule has 1 aliphatic rings. The normalized spacial score (nSPS) is 16.3. The second kappa shape index (κ2) is 7.51. The first-order valence-electron chi connectivity index (χ1n) is 7.35. The standard InChI is InChI=1S/C16H25NO2/c1-3-11-18-12-10-16(17-2)13-4-6-14(7-5-13)19-15-8-9-15/h4-7,15-17H,3,8-12H2,1-2H3. The maximum absolute atomic E-state index is 5.76. The second-order valence-electron chi connectivity index (χ2n) is 5.13. The van der Waals surface area contributed by atoms with E-state index in [4.69, 9.17) is 9.47 Å². The van der Waals surface area contributed by atoms with Crippen LogP contribution in [0.5, 0.6) is 5.75 Å². The number of hydrogen-bond donors (Lipinski definition) is 1. The SMILES string of the molecule is CCCOCCC(NC)c1ccc(OC2CC2)cc1. The van der Waals surface area contributed by atoms with Crippen LogP contribution >= 0.6 is 0 Å². The van der Waals surface area contributed by atoms with Crippen LogP contribution in [-0.4, -0.2) is 26.4 Å². The molecule has 0 heterocycles. The zero-order valence-corrected chi connectivity index (χ0v) is 12.0. The largest absolute Gasteiger partial charge is 0.490 e. The fourth-order valence-electron chi connectivity index (χ4n) is 2.08. The minimum Gasteiger partial charge on any atom is -0.490 e. The van der Waals surface area contributed by atoms with E-state index >= 15 is 0 Å². The predicted octanol–water partition coefficient (Wildman–Crippen LogP) is 3.31. The molecule has 2 rings (SSSR count). The molecule has 0 aromatic heterocycles. The lowest BCUT2D eigenvalue weighted by Gasteiger charge is -2.17. The molecule has 1 N–H and O–H groups in total. The Hall–Kier alpha value is -1.06. The highest BCUT2D eigenvalue weighted by Gasteiger charge is 2.23. The van der Waals surface area contributed by atoms with Crippen LogP contribution in [0.1, 0.15) is 44.2 Å². The summed E-state index contributed by atoms with van der Waals surface area (Å²) in [5.41, 5.74) is 1.30. The van der Waals surface area contributed by atoms with Crippen LogP contribution in [0.2, 0.25) is 0 Å². The third-order valence-corrected chi connectivity index (χ3v) is 3.36. The van der Waals surface area contributed by atoms with Gasteiger partial charge in [0.25, 0.3) is 0 Å². The Morgan fingerprint density at radius 3 is 2.53 bits per heavy atom. The maximum atomic E-state index is 5.76. The van der Waals surface area contributed by atoms with Crippen molar-refractivity contribution in [1.29, 1.82) is 0 Å². The molecule has 1 aliphatic carbocycles. The van der Waals surface area contributed by atoms with Gasteiger partial charge in [-0.3, -0.25) is 0 Å². The number of rotatable bonds is 9. The van der Waals surface area contributed by atoms with Crippen molar-refractivity contribution in [2.75, 3.05) is 20.3 Å². The zero-order chi connectivity index (χ0) is 13.5. The minimum atomic E-state index is 0.354. The van der Waals surface area contributed by atoms with E-state index in [-0.39, 0.29) is 0 Å². The summed E-state index contributed by atoms with van der Waals surface area (Å²) in [5, 5.41) is 3.35. The molecule has 1 aromatic rings. The van der Waals surface area contributed by atoms with Crippen LogP contribution < -0.4 is 10.1 Å². The first-order chi connectivity index (χ1) is 9.33. The molecule has 1 atom stereocenters. The van der Waals surface area contributed by atoms with Crippen LogP contribution in [-0.2, 0) is 4.74 Å². The molecule has 0 amide bonds. The summed E-state index contributed by atoms with van der Waals surface area (Å²) in [4.78, 5) is 0. The van der Waals surface area contributed by atoms with Gasteiger partial charge in [0.2, 0.25) is 0 Å². The van der Waals surface area contributed by atoms with Crippen LogP contribution in [0.3, 0.4) is 0 Å². The van der Waals surface area contributed by atoms with Crippen LogP contribution in [0.25, 0.3) is 0 Å². The van der Waals surface area contributed by atoms with Crippen molar-refractivity contribution >= 4 is 0 Å². The predicted molar refractivity (Wildman–Crippen MR) is 77.6 cm³/mol. The van der Waals surface area contributed by atoms with Gasteiger partial charge in [0.1, 0.15) is 5.75 Å². The molecule has 19 heavy (non-hydrogen) atoms. The lowest BCUT2D eigenvalue weighted by atomic mass is 10.0. The summed E-state index contributed by atoms with van der Waals surface area (Å²) >= 11 is 0. The molecule has 1 saturated carbocycles. The Balaban J connectivity index is 1.82. The summed E-state index contributed by atoms with van der Waals surface area (Å²) in [5.74, 6) is 0.989. The molecule has 0 aliphatic heterocycles. The molecule has 3 heteroatoms. The molecular weight excluding hydrogens is 238 g/mol.